The summed E-state index contributed by atoms with van der Waals surface area (Å²) >= 11 is 9.16. The minimum Gasteiger partial charge on any atom is -0.314 e. The van der Waals surface area contributed by atoms with E-state index in [2.05, 4.69) is 10.3 Å². The fourth-order valence-corrected chi connectivity index (χ4v) is 3.15. The van der Waals surface area contributed by atoms with Gasteiger partial charge in [-0.15, -0.1) is 22.7 Å². The Morgan fingerprint density at radius 1 is 1.36 bits per heavy atom. The summed E-state index contributed by atoms with van der Waals surface area (Å²) in [4.78, 5) is 6.69. The third-order valence-electron chi connectivity index (χ3n) is 1.70. The van der Waals surface area contributed by atoms with Crippen molar-refractivity contribution in [2.75, 3.05) is 7.05 Å². The fraction of sp³-hybridized carbons (Fsp3) is 0.222. The van der Waals surface area contributed by atoms with E-state index in [-0.39, 0.29) is 0 Å². The highest BCUT2D eigenvalue weighted by Crippen LogP contribution is 2.34. The normalized spacial score (nSPS) is 10.7. The molecule has 2 aromatic rings. The van der Waals surface area contributed by atoms with Crippen LogP contribution in [0.5, 0.6) is 0 Å². The van der Waals surface area contributed by atoms with Crippen molar-refractivity contribution < 1.29 is 0 Å². The molecule has 2 aromatic heterocycles. The second-order valence-corrected chi connectivity index (χ2v) is 5.58. The summed E-state index contributed by atoms with van der Waals surface area (Å²) < 4.78 is 0.823. The monoisotopic (exact) mass is 244 g/mol. The van der Waals surface area contributed by atoms with E-state index < -0.39 is 0 Å². The minimum atomic E-state index is 0.823. The number of rotatable bonds is 3. The van der Waals surface area contributed by atoms with Gasteiger partial charge in [0.1, 0.15) is 5.01 Å². The predicted molar refractivity (Wildman–Crippen MR) is 63.2 cm³/mol. The van der Waals surface area contributed by atoms with Gasteiger partial charge in [0.05, 0.1) is 9.21 Å². The molecule has 0 saturated carbocycles. The third kappa shape index (κ3) is 2.15. The van der Waals surface area contributed by atoms with Crippen LogP contribution in [-0.4, -0.2) is 12.0 Å². The fourth-order valence-electron chi connectivity index (χ4n) is 1.10. The molecular formula is C9H9ClN2S2. The first-order valence-corrected chi connectivity index (χ1v) is 6.15. The first-order valence-electron chi connectivity index (χ1n) is 4.14. The molecule has 5 heteroatoms. The van der Waals surface area contributed by atoms with Crippen LogP contribution in [0.25, 0.3) is 9.75 Å². The summed E-state index contributed by atoms with van der Waals surface area (Å²) in [7, 11) is 1.92. The molecular weight excluding hydrogens is 236 g/mol. The Hall–Kier alpha value is -0.420. The zero-order valence-electron chi connectivity index (χ0n) is 7.58. The zero-order valence-corrected chi connectivity index (χ0v) is 9.97. The summed E-state index contributed by atoms with van der Waals surface area (Å²) in [5.74, 6) is 0. The van der Waals surface area contributed by atoms with Crippen LogP contribution in [0.1, 0.15) is 5.01 Å². The van der Waals surface area contributed by atoms with Crippen LogP contribution in [0, 0.1) is 0 Å². The third-order valence-corrected chi connectivity index (χ3v) is 4.12. The summed E-state index contributed by atoms with van der Waals surface area (Å²) in [6.45, 7) is 0.823. The van der Waals surface area contributed by atoms with Gasteiger partial charge in [0.15, 0.2) is 0 Å². The Balaban J connectivity index is 2.24. The molecule has 0 aromatic carbocycles. The molecule has 74 valence electrons. The summed E-state index contributed by atoms with van der Waals surface area (Å²) in [5, 5.41) is 4.18. The van der Waals surface area contributed by atoms with Gasteiger partial charge in [-0.2, -0.15) is 0 Å². The lowest BCUT2D eigenvalue weighted by Gasteiger charge is -1.90. The molecule has 0 fully saturated rings. The van der Waals surface area contributed by atoms with Gasteiger partial charge < -0.3 is 5.32 Å². The number of thiazole rings is 1. The number of nitrogens with one attached hydrogen (secondary N) is 1. The summed E-state index contributed by atoms with van der Waals surface area (Å²) in [6.07, 6.45) is 1.90. The van der Waals surface area contributed by atoms with E-state index in [9.17, 15) is 0 Å². The number of hydrogen-bond acceptors (Lipinski definition) is 4. The molecule has 0 aliphatic heterocycles. The lowest BCUT2D eigenvalue weighted by molar-refractivity contribution is 0.810. The Bertz CT molecular complexity index is 422. The van der Waals surface area contributed by atoms with Crippen molar-refractivity contribution in [3.05, 3.63) is 27.7 Å². The second kappa shape index (κ2) is 4.40. The second-order valence-electron chi connectivity index (χ2n) is 2.75. The largest absolute Gasteiger partial charge is 0.314 e. The van der Waals surface area contributed by atoms with Gasteiger partial charge in [-0.1, -0.05) is 11.6 Å². The molecule has 0 spiro atoms. The number of nitrogens with zero attached hydrogens (tertiary/aromatic N) is 1. The molecule has 2 heterocycles. The van der Waals surface area contributed by atoms with Gasteiger partial charge in [0.25, 0.3) is 0 Å². The molecule has 0 aliphatic carbocycles. The van der Waals surface area contributed by atoms with Gasteiger partial charge in [-0.3, -0.25) is 0 Å². The van der Waals surface area contributed by atoms with E-state index in [4.69, 9.17) is 11.6 Å². The maximum Gasteiger partial charge on any atom is 0.107 e. The maximum absolute atomic E-state index is 5.87. The van der Waals surface area contributed by atoms with Crippen LogP contribution < -0.4 is 5.32 Å². The van der Waals surface area contributed by atoms with Crippen LogP contribution in [0.2, 0.25) is 4.34 Å². The lowest BCUT2D eigenvalue weighted by Crippen LogP contribution is -2.03. The molecule has 0 unspecified atom stereocenters. The van der Waals surface area contributed by atoms with Crippen molar-refractivity contribution in [3.63, 3.8) is 0 Å². The van der Waals surface area contributed by atoms with E-state index in [1.54, 1.807) is 22.7 Å². The molecule has 0 radical (unpaired) electrons. The SMILES string of the molecule is CNCc1ncc(-c2ccc(Cl)s2)s1. The van der Waals surface area contributed by atoms with Gasteiger partial charge in [0.2, 0.25) is 0 Å². The van der Waals surface area contributed by atoms with E-state index in [0.717, 1.165) is 15.9 Å². The minimum absolute atomic E-state index is 0.823. The van der Waals surface area contributed by atoms with Crippen LogP contribution in [0.15, 0.2) is 18.3 Å². The first kappa shape index (κ1) is 10.1. The highest BCUT2D eigenvalue weighted by molar-refractivity contribution is 7.24. The molecule has 0 bridgehead atoms. The van der Waals surface area contributed by atoms with Gasteiger partial charge >= 0.3 is 0 Å². The first-order chi connectivity index (χ1) is 6.79. The Labute approximate surface area is 95.6 Å². The number of aromatic nitrogens is 1. The van der Waals surface area contributed by atoms with Crippen molar-refractivity contribution in [1.29, 1.82) is 0 Å². The smallest absolute Gasteiger partial charge is 0.107 e. The molecule has 2 nitrogen and oxygen atoms in total. The number of hydrogen-bond donors (Lipinski definition) is 1. The molecule has 0 atom stereocenters. The Kier molecular flexibility index (Phi) is 3.18. The molecule has 1 N–H and O–H groups in total. The van der Waals surface area contributed by atoms with Crippen molar-refractivity contribution in [2.45, 2.75) is 6.54 Å². The summed E-state index contributed by atoms with van der Waals surface area (Å²) in [6, 6.07) is 3.95. The van der Waals surface area contributed by atoms with E-state index in [1.807, 2.05) is 25.4 Å². The Morgan fingerprint density at radius 3 is 2.86 bits per heavy atom. The van der Waals surface area contributed by atoms with Crippen LogP contribution in [0.3, 0.4) is 0 Å². The highest BCUT2D eigenvalue weighted by atomic mass is 35.5. The van der Waals surface area contributed by atoms with Gasteiger partial charge in [-0.25, -0.2) is 4.98 Å². The zero-order chi connectivity index (χ0) is 9.97. The molecule has 14 heavy (non-hydrogen) atoms. The Morgan fingerprint density at radius 2 is 2.21 bits per heavy atom. The topological polar surface area (TPSA) is 24.9 Å². The number of thiophene rings is 1. The van der Waals surface area contributed by atoms with E-state index in [1.165, 1.54) is 9.75 Å². The van der Waals surface area contributed by atoms with Crippen molar-refractivity contribution in [2.24, 2.45) is 0 Å². The van der Waals surface area contributed by atoms with Gasteiger partial charge in [0, 0.05) is 17.6 Å². The summed E-state index contributed by atoms with van der Waals surface area (Å²) in [5.41, 5.74) is 0. The lowest BCUT2D eigenvalue weighted by atomic mass is 10.4. The quantitative estimate of drug-likeness (QED) is 0.897. The number of halogens is 1. The standard InChI is InChI=1S/C9H9ClN2S2/c1-11-5-9-12-4-7(14-9)6-2-3-8(10)13-6/h2-4,11H,5H2,1H3. The van der Waals surface area contributed by atoms with Crippen molar-refractivity contribution in [1.82, 2.24) is 10.3 Å². The van der Waals surface area contributed by atoms with E-state index in [0.29, 0.717) is 0 Å². The van der Waals surface area contributed by atoms with Crippen LogP contribution >= 0.6 is 34.3 Å². The van der Waals surface area contributed by atoms with Crippen molar-refractivity contribution >= 4 is 34.3 Å². The maximum atomic E-state index is 5.87. The van der Waals surface area contributed by atoms with Crippen LogP contribution in [0.4, 0.5) is 0 Å². The van der Waals surface area contributed by atoms with Crippen LogP contribution in [-0.2, 0) is 6.54 Å². The average molecular weight is 245 g/mol. The molecule has 0 aliphatic rings. The predicted octanol–water partition coefficient (Wildman–Crippen LogP) is 3.24. The highest BCUT2D eigenvalue weighted by Gasteiger charge is 2.05. The molecule has 0 amide bonds. The average Bonchev–Trinajstić information content (AvgIpc) is 2.74. The molecule has 0 saturated heterocycles. The molecule has 2 rings (SSSR count). The van der Waals surface area contributed by atoms with E-state index >= 15 is 0 Å². The van der Waals surface area contributed by atoms with Gasteiger partial charge in [-0.05, 0) is 19.2 Å². The van der Waals surface area contributed by atoms with Crippen molar-refractivity contribution in [3.8, 4) is 9.75 Å².